The van der Waals surface area contributed by atoms with E-state index in [1.165, 1.54) is 31.2 Å². The van der Waals surface area contributed by atoms with Gasteiger partial charge in [0.05, 0.1) is 0 Å². The van der Waals surface area contributed by atoms with Crippen molar-refractivity contribution >= 4 is 17.2 Å². The van der Waals surface area contributed by atoms with Crippen molar-refractivity contribution in [3.05, 3.63) is 35.7 Å². The molecule has 3 rings (SSSR count). The van der Waals surface area contributed by atoms with Gasteiger partial charge in [-0.2, -0.15) is 4.98 Å². The van der Waals surface area contributed by atoms with Crippen LogP contribution in [0.5, 0.6) is 5.88 Å². The van der Waals surface area contributed by atoms with E-state index in [2.05, 4.69) is 47.3 Å². The molecule has 1 aliphatic rings. The summed E-state index contributed by atoms with van der Waals surface area (Å²) >= 11 is 0. The molecule has 5 heteroatoms. The van der Waals surface area contributed by atoms with Crippen LogP contribution in [0, 0.1) is 13.8 Å². The molecule has 0 aliphatic heterocycles. The molecule has 5 nitrogen and oxygen atoms in total. The molecular formula is C18H24N4O. The number of nitrogens with two attached hydrogens (primary N) is 1. The average molecular weight is 312 g/mol. The van der Waals surface area contributed by atoms with E-state index in [9.17, 15) is 0 Å². The van der Waals surface area contributed by atoms with E-state index >= 15 is 0 Å². The molecule has 0 spiro atoms. The van der Waals surface area contributed by atoms with Gasteiger partial charge in [-0.05, 0) is 56.7 Å². The van der Waals surface area contributed by atoms with Gasteiger partial charge in [-0.1, -0.05) is 18.6 Å². The molecule has 1 fully saturated rings. The number of anilines is 3. The van der Waals surface area contributed by atoms with Gasteiger partial charge in [0.25, 0.3) is 0 Å². The first-order chi connectivity index (χ1) is 11.1. The molecule has 1 heterocycles. The largest absolute Gasteiger partial charge is 0.473 e. The smallest absolute Gasteiger partial charge is 0.242 e. The molecule has 1 aliphatic carbocycles. The molecule has 0 saturated heterocycles. The van der Waals surface area contributed by atoms with E-state index < -0.39 is 0 Å². The average Bonchev–Trinajstić information content (AvgIpc) is 2.55. The predicted molar refractivity (Wildman–Crippen MR) is 93.1 cm³/mol. The summed E-state index contributed by atoms with van der Waals surface area (Å²) < 4.78 is 6.00. The lowest BCUT2D eigenvalue weighted by Crippen LogP contribution is -2.21. The summed E-state index contributed by atoms with van der Waals surface area (Å²) in [7, 11) is 0. The van der Waals surface area contributed by atoms with Crippen molar-refractivity contribution < 1.29 is 4.74 Å². The first kappa shape index (κ1) is 15.6. The lowest BCUT2D eigenvalue weighted by atomic mass is 9.98. The van der Waals surface area contributed by atoms with Crippen LogP contribution in [0.25, 0.3) is 0 Å². The van der Waals surface area contributed by atoms with Gasteiger partial charge in [-0.3, -0.25) is 0 Å². The van der Waals surface area contributed by atoms with Crippen LogP contribution in [0.2, 0.25) is 0 Å². The molecule has 122 valence electrons. The molecule has 2 aromatic rings. The lowest BCUT2D eigenvalue weighted by Gasteiger charge is -2.23. The lowest BCUT2D eigenvalue weighted by molar-refractivity contribution is 0.149. The third-order valence-corrected chi connectivity index (χ3v) is 4.32. The van der Waals surface area contributed by atoms with Crippen molar-refractivity contribution in [3.8, 4) is 5.88 Å². The topological polar surface area (TPSA) is 73.1 Å². The second kappa shape index (κ2) is 6.86. The Kier molecular flexibility index (Phi) is 4.65. The zero-order valence-electron chi connectivity index (χ0n) is 13.8. The molecule has 3 N–H and O–H groups in total. The van der Waals surface area contributed by atoms with Gasteiger partial charge < -0.3 is 15.8 Å². The number of ether oxygens (including phenoxy) is 1. The van der Waals surface area contributed by atoms with Crippen LogP contribution in [0.4, 0.5) is 17.2 Å². The minimum Gasteiger partial charge on any atom is -0.473 e. The normalized spacial score (nSPS) is 15.4. The molecule has 1 aromatic heterocycles. The molecule has 0 amide bonds. The van der Waals surface area contributed by atoms with E-state index in [-0.39, 0.29) is 6.10 Å². The Morgan fingerprint density at radius 3 is 2.70 bits per heavy atom. The Labute approximate surface area is 137 Å². The monoisotopic (exact) mass is 312 g/mol. The fourth-order valence-corrected chi connectivity index (χ4v) is 2.91. The number of benzene rings is 1. The van der Waals surface area contributed by atoms with E-state index in [4.69, 9.17) is 10.5 Å². The van der Waals surface area contributed by atoms with Gasteiger partial charge in [0.2, 0.25) is 5.88 Å². The van der Waals surface area contributed by atoms with Gasteiger partial charge in [-0.15, -0.1) is 0 Å². The zero-order valence-corrected chi connectivity index (χ0v) is 13.8. The Morgan fingerprint density at radius 2 is 1.91 bits per heavy atom. The summed E-state index contributed by atoms with van der Waals surface area (Å²) in [5.74, 6) is 1.08. The van der Waals surface area contributed by atoms with E-state index in [1.807, 2.05) is 0 Å². The van der Waals surface area contributed by atoms with Crippen LogP contribution in [0.1, 0.15) is 43.2 Å². The molecule has 23 heavy (non-hydrogen) atoms. The SMILES string of the molecule is Cc1ccc(C)c(Nc2ncnc(OC3CCCCC3)c2N)c1. The fraction of sp³-hybridized carbons (Fsp3) is 0.444. The van der Waals surface area contributed by atoms with Crippen LogP contribution in [-0.2, 0) is 0 Å². The van der Waals surface area contributed by atoms with Crippen LogP contribution in [0.3, 0.4) is 0 Å². The van der Waals surface area contributed by atoms with Crippen molar-refractivity contribution in [1.82, 2.24) is 9.97 Å². The standard InChI is InChI=1S/C18H24N4O/c1-12-8-9-13(2)15(10-12)22-17-16(19)18(21-11-20-17)23-14-6-4-3-5-7-14/h8-11,14H,3-7,19H2,1-2H3,(H,20,21,22). The van der Waals surface area contributed by atoms with Gasteiger partial charge in [0.15, 0.2) is 5.82 Å². The van der Waals surface area contributed by atoms with Gasteiger partial charge in [0.1, 0.15) is 18.1 Å². The van der Waals surface area contributed by atoms with Crippen LogP contribution in [0.15, 0.2) is 24.5 Å². The Bertz CT molecular complexity index is 681. The predicted octanol–water partition coefficient (Wildman–Crippen LogP) is 4.13. The minimum absolute atomic E-state index is 0.217. The minimum atomic E-state index is 0.217. The molecule has 1 aromatic carbocycles. The van der Waals surface area contributed by atoms with Gasteiger partial charge in [-0.25, -0.2) is 4.98 Å². The highest BCUT2D eigenvalue weighted by Gasteiger charge is 2.18. The maximum Gasteiger partial charge on any atom is 0.242 e. The quantitative estimate of drug-likeness (QED) is 0.888. The Morgan fingerprint density at radius 1 is 1.13 bits per heavy atom. The number of hydrogen-bond acceptors (Lipinski definition) is 5. The first-order valence-electron chi connectivity index (χ1n) is 8.25. The summed E-state index contributed by atoms with van der Waals surface area (Å²) in [6.45, 7) is 4.12. The van der Waals surface area contributed by atoms with Crippen molar-refractivity contribution in [2.75, 3.05) is 11.1 Å². The number of rotatable bonds is 4. The van der Waals surface area contributed by atoms with Gasteiger partial charge >= 0.3 is 0 Å². The third-order valence-electron chi connectivity index (χ3n) is 4.32. The second-order valence-corrected chi connectivity index (χ2v) is 6.26. The van der Waals surface area contributed by atoms with Crippen molar-refractivity contribution in [2.24, 2.45) is 0 Å². The first-order valence-corrected chi connectivity index (χ1v) is 8.25. The molecule has 0 radical (unpaired) electrons. The number of nitrogen functional groups attached to an aromatic ring is 1. The van der Waals surface area contributed by atoms with Crippen LogP contribution >= 0.6 is 0 Å². The number of nitrogens with one attached hydrogen (secondary N) is 1. The van der Waals surface area contributed by atoms with Crippen molar-refractivity contribution in [1.29, 1.82) is 0 Å². The number of aryl methyl sites for hydroxylation is 2. The molecule has 0 bridgehead atoms. The summed E-state index contributed by atoms with van der Waals surface area (Å²) in [5.41, 5.74) is 10.0. The van der Waals surface area contributed by atoms with Crippen LogP contribution < -0.4 is 15.8 Å². The summed E-state index contributed by atoms with van der Waals surface area (Å²) in [6.07, 6.45) is 7.58. The summed E-state index contributed by atoms with van der Waals surface area (Å²) in [4.78, 5) is 8.49. The highest BCUT2D eigenvalue weighted by molar-refractivity contribution is 5.73. The molecular weight excluding hydrogens is 288 g/mol. The highest BCUT2D eigenvalue weighted by atomic mass is 16.5. The number of aromatic nitrogens is 2. The summed E-state index contributed by atoms with van der Waals surface area (Å²) in [5, 5.41) is 3.30. The maximum absolute atomic E-state index is 6.22. The van der Waals surface area contributed by atoms with E-state index in [0.717, 1.165) is 24.1 Å². The van der Waals surface area contributed by atoms with Crippen molar-refractivity contribution in [3.63, 3.8) is 0 Å². The van der Waals surface area contributed by atoms with Crippen molar-refractivity contribution in [2.45, 2.75) is 52.1 Å². The van der Waals surface area contributed by atoms with E-state index in [1.54, 1.807) is 0 Å². The third kappa shape index (κ3) is 3.73. The van der Waals surface area contributed by atoms with Gasteiger partial charge in [0, 0.05) is 5.69 Å². The number of nitrogens with zero attached hydrogens (tertiary/aromatic N) is 2. The summed E-state index contributed by atoms with van der Waals surface area (Å²) in [6, 6.07) is 6.24. The maximum atomic E-state index is 6.22. The van der Waals surface area contributed by atoms with Crippen LogP contribution in [-0.4, -0.2) is 16.1 Å². The molecule has 0 atom stereocenters. The molecule has 1 saturated carbocycles. The molecule has 0 unspecified atom stereocenters. The Balaban J connectivity index is 1.80. The fourth-order valence-electron chi connectivity index (χ4n) is 2.91. The zero-order chi connectivity index (χ0) is 16.2. The number of hydrogen-bond donors (Lipinski definition) is 2. The Hall–Kier alpha value is -2.30. The highest BCUT2D eigenvalue weighted by Crippen LogP contribution is 2.31. The van der Waals surface area contributed by atoms with E-state index in [0.29, 0.717) is 17.4 Å². The second-order valence-electron chi connectivity index (χ2n) is 6.26.